The van der Waals surface area contributed by atoms with E-state index < -0.39 is 21.3 Å². The maximum atomic E-state index is 13.1. The smallest absolute Gasteiger partial charge is 0.261 e. The second-order valence-electron chi connectivity index (χ2n) is 8.34. The van der Waals surface area contributed by atoms with Crippen molar-refractivity contribution in [1.82, 2.24) is 9.97 Å². The molecule has 0 radical (unpaired) electrons. The third-order valence-electron chi connectivity index (χ3n) is 5.27. The molecule has 0 bridgehead atoms. The van der Waals surface area contributed by atoms with E-state index in [1.807, 2.05) is 18.7 Å². The molecule has 0 atom stereocenters. The molecule has 4 rings (SSSR count). The fourth-order valence-corrected chi connectivity index (χ4v) is 5.84. The normalized spacial score (nSPS) is 19.6. The number of amides is 1. The van der Waals surface area contributed by atoms with Gasteiger partial charge in [0.05, 0.1) is 46.5 Å². The molecule has 170 valence electrons. The number of sulfone groups is 1. The van der Waals surface area contributed by atoms with Gasteiger partial charge in [0, 0.05) is 37.2 Å². The van der Waals surface area contributed by atoms with Gasteiger partial charge in [-0.1, -0.05) is 0 Å². The van der Waals surface area contributed by atoms with Gasteiger partial charge in [-0.25, -0.2) is 18.4 Å². The molecule has 2 aliphatic heterocycles. The van der Waals surface area contributed by atoms with Gasteiger partial charge in [-0.2, -0.15) is 0 Å². The summed E-state index contributed by atoms with van der Waals surface area (Å²) in [5, 5.41) is 6.15. The van der Waals surface area contributed by atoms with E-state index in [4.69, 9.17) is 10.5 Å². The van der Waals surface area contributed by atoms with Crippen LogP contribution in [0.15, 0.2) is 41.7 Å². The first kappa shape index (κ1) is 22.0. The number of nitrogens with two attached hydrogens (primary N) is 1. The van der Waals surface area contributed by atoms with E-state index in [1.54, 1.807) is 18.2 Å². The largest absolute Gasteiger partial charge is 0.404 e. The minimum atomic E-state index is -3.50. The van der Waals surface area contributed by atoms with Gasteiger partial charge < -0.3 is 26.0 Å². The van der Waals surface area contributed by atoms with Gasteiger partial charge >= 0.3 is 0 Å². The molecule has 3 heterocycles. The van der Waals surface area contributed by atoms with E-state index in [0.29, 0.717) is 43.4 Å². The number of hydrogen-bond donors (Lipinski definition) is 3. The molecule has 1 amide bonds. The molecular weight excluding hydrogens is 432 g/mol. The Morgan fingerprint density at radius 2 is 1.94 bits per heavy atom. The average molecular weight is 459 g/mol. The van der Waals surface area contributed by atoms with Gasteiger partial charge in [0.15, 0.2) is 15.7 Å². The van der Waals surface area contributed by atoms with E-state index in [-0.39, 0.29) is 22.0 Å². The van der Waals surface area contributed by atoms with Crippen LogP contribution in [-0.2, 0) is 19.4 Å². The predicted octanol–water partition coefficient (Wildman–Crippen LogP) is 1.23. The van der Waals surface area contributed by atoms with Gasteiger partial charge in [-0.05, 0) is 32.0 Å². The molecule has 2 aromatic rings. The number of ether oxygens (including phenoxy) is 1. The Bertz CT molecular complexity index is 1160. The van der Waals surface area contributed by atoms with Crippen molar-refractivity contribution in [3.8, 4) is 0 Å². The molecule has 0 aliphatic carbocycles. The molecule has 1 aromatic heterocycles. The molecule has 32 heavy (non-hydrogen) atoms. The van der Waals surface area contributed by atoms with Crippen LogP contribution in [-0.4, -0.2) is 61.9 Å². The fourth-order valence-electron chi connectivity index (χ4n) is 3.92. The van der Waals surface area contributed by atoms with Crippen molar-refractivity contribution in [3.63, 3.8) is 0 Å². The molecule has 11 heteroatoms. The van der Waals surface area contributed by atoms with Crippen LogP contribution in [0.25, 0.3) is 5.57 Å². The summed E-state index contributed by atoms with van der Waals surface area (Å²) in [6.07, 6.45) is 4.20. The monoisotopic (exact) mass is 458 g/mol. The highest BCUT2D eigenvalue weighted by Crippen LogP contribution is 2.40. The van der Waals surface area contributed by atoms with E-state index in [1.165, 1.54) is 12.4 Å². The minimum Gasteiger partial charge on any atom is -0.404 e. The third kappa shape index (κ3) is 4.39. The van der Waals surface area contributed by atoms with Crippen molar-refractivity contribution < 1.29 is 17.9 Å². The number of anilines is 3. The minimum absolute atomic E-state index is 0.0212. The lowest BCUT2D eigenvalue weighted by atomic mass is 10.1. The lowest BCUT2D eigenvalue weighted by Crippen LogP contribution is -2.43. The van der Waals surface area contributed by atoms with Crippen LogP contribution in [0, 0.1) is 0 Å². The van der Waals surface area contributed by atoms with Gasteiger partial charge in [0.25, 0.3) is 5.91 Å². The first-order valence-electron chi connectivity index (χ1n) is 10.2. The lowest BCUT2D eigenvalue weighted by molar-refractivity contribution is -0.111. The third-order valence-corrected chi connectivity index (χ3v) is 7.38. The molecule has 0 unspecified atom stereocenters. The molecule has 0 spiro atoms. The number of carbonyl (C=O) groups excluding carboxylic acids is 1. The average Bonchev–Trinajstić information content (AvgIpc) is 2.74. The number of aromatic nitrogens is 2. The SMILES string of the molecule is CC1(C)CS(=O)(=O)c2cc(N3CCOCC3)c(NC(=O)C(=CN)c3ncccn3)cc2N1. The second-order valence-corrected chi connectivity index (χ2v) is 10.3. The van der Waals surface area contributed by atoms with Crippen LogP contribution in [0.2, 0.25) is 0 Å². The standard InChI is InChI=1S/C21H26N6O4S/c1-21(2)13-32(29,30)18-11-17(27-6-8-31-9-7-27)15(10-16(18)26-21)25-20(28)14(12-22)19-23-4-3-5-24-19/h3-5,10-12,26H,6-9,13,22H2,1-2H3,(H,25,28). The van der Waals surface area contributed by atoms with Crippen LogP contribution in [0.4, 0.5) is 17.1 Å². The van der Waals surface area contributed by atoms with Crippen LogP contribution >= 0.6 is 0 Å². The molecule has 1 aromatic carbocycles. The molecule has 10 nitrogen and oxygen atoms in total. The Morgan fingerprint density at radius 3 is 2.59 bits per heavy atom. The summed E-state index contributed by atoms with van der Waals surface area (Å²) in [5.41, 5.74) is 6.68. The number of nitrogens with one attached hydrogen (secondary N) is 2. The van der Waals surface area contributed by atoms with Crippen LogP contribution in [0.1, 0.15) is 19.7 Å². The summed E-state index contributed by atoms with van der Waals surface area (Å²) >= 11 is 0. The summed E-state index contributed by atoms with van der Waals surface area (Å²) < 4.78 is 31.4. The summed E-state index contributed by atoms with van der Waals surface area (Å²) in [7, 11) is -3.50. The van der Waals surface area contributed by atoms with Crippen molar-refractivity contribution in [1.29, 1.82) is 0 Å². The Kier molecular flexibility index (Phi) is 5.78. The van der Waals surface area contributed by atoms with Crippen LogP contribution < -0.4 is 21.3 Å². The Labute approximate surface area is 186 Å². The molecule has 0 saturated carbocycles. The van der Waals surface area contributed by atoms with Gasteiger partial charge in [0.2, 0.25) is 0 Å². The predicted molar refractivity (Wildman–Crippen MR) is 122 cm³/mol. The van der Waals surface area contributed by atoms with Crippen LogP contribution in [0.3, 0.4) is 0 Å². The van der Waals surface area contributed by atoms with Gasteiger partial charge in [-0.15, -0.1) is 0 Å². The summed E-state index contributed by atoms with van der Waals surface area (Å²) in [6.45, 7) is 5.81. The van der Waals surface area contributed by atoms with Crippen molar-refractivity contribution in [2.75, 3.05) is 47.6 Å². The Hall–Kier alpha value is -3.18. The first-order valence-corrected chi connectivity index (χ1v) is 11.9. The Balaban J connectivity index is 1.77. The molecule has 2 aliphatic rings. The number of nitrogens with zero attached hydrogens (tertiary/aromatic N) is 3. The van der Waals surface area contributed by atoms with Crippen molar-refractivity contribution in [2.24, 2.45) is 5.73 Å². The van der Waals surface area contributed by atoms with Gasteiger partial charge in [0.1, 0.15) is 0 Å². The second kappa shape index (κ2) is 8.40. The van der Waals surface area contributed by atoms with E-state index in [0.717, 1.165) is 6.20 Å². The molecule has 4 N–H and O–H groups in total. The maximum absolute atomic E-state index is 13.1. The highest BCUT2D eigenvalue weighted by Gasteiger charge is 2.36. The van der Waals surface area contributed by atoms with Crippen molar-refractivity contribution in [2.45, 2.75) is 24.3 Å². The summed E-state index contributed by atoms with van der Waals surface area (Å²) in [6, 6.07) is 4.93. The molecule has 1 saturated heterocycles. The highest BCUT2D eigenvalue weighted by atomic mass is 32.2. The first-order chi connectivity index (χ1) is 15.2. The number of morpholine rings is 1. The highest BCUT2D eigenvalue weighted by molar-refractivity contribution is 7.91. The Morgan fingerprint density at radius 1 is 1.25 bits per heavy atom. The van der Waals surface area contributed by atoms with Crippen LogP contribution in [0.5, 0.6) is 0 Å². The summed E-state index contributed by atoms with van der Waals surface area (Å²) in [5.74, 6) is -0.321. The zero-order valence-corrected chi connectivity index (χ0v) is 18.8. The zero-order valence-electron chi connectivity index (χ0n) is 18.0. The number of carbonyl (C=O) groups is 1. The number of fused-ring (bicyclic) bond motifs is 1. The van der Waals surface area contributed by atoms with Crippen molar-refractivity contribution in [3.05, 3.63) is 42.6 Å². The van der Waals surface area contributed by atoms with Crippen molar-refractivity contribution >= 4 is 38.4 Å². The zero-order chi connectivity index (χ0) is 22.9. The summed E-state index contributed by atoms with van der Waals surface area (Å²) in [4.78, 5) is 23.5. The molecule has 1 fully saturated rings. The number of benzene rings is 1. The molecular formula is C21H26N6O4S. The van der Waals surface area contributed by atoms with E-state index in [9.17, 15) is 13.2 Å². The lowest BCUT2D eigenvalue weighted by Gasteiger charge is -2.36. The van der Waals surface area contributed by atoms with E-state index >= 15 is 0 Å². The number of rotatable bonds is 4. The number of hydrogen-bond acceptors (Lipinski definition) is 9. The quantitative estimate of drug-likeness (QED) is 0.577. The topological polar surface area (TPSA) is 140 Å². The van der Waals surface area contributed by atoms with E-state index in [2.05, 4.69) is 20.6 Å². The maximum Gasteiger partial charge on any atom is 0.261 e. The fraction of sp³-hybridized carbons (Fsp3) is 0.381. The van der Waals surface area contributed by atoms with Gasteiger partial charge in [-0.3, -0.25) is 4.79 Å².